The number of nitrogens with one attached hydrogen (secondary N) is 2. The van der Waals surface area contributed by atoms with Gasteiger partial charge in [0.25, 0.3) is 5.91 Å². The van der Waals surface area contributed by atoms with Gasteiger partial charge < -0.3 is 20.1 Å². The molecule has 1 atom stereocenters. The molecule has 2 heterocycles. The minimum Gasteiger partial charge on any atom is -0.479 e. The van der Waals surface area contributed by atoms with Crippen molar-refractivity contribution in [2.45, 2.75) is 58.6 Å². The average molecular weight is 391 g/mol. The van der Waals surface area contributed by atoms with Crippen LogP contribution in [0.1, 0.15) is 47.0 Å². The normalized spacial score (nSPS) is 21.5. The van der Waals surface area contributed by atoms with Gasteiger partial charge in [-0.1, -0.05) is 33.8 Å². The van der Waals surface area contributed by atoms with Gasteiger partial charge in [-0.3, -0.25) is 9.59 Å². The molecule has 2 N–H and O–H groups in total. The fourth-order valence-corrected chi connectivity index (χ4v) is 3.97. The van der Waals surface area contributed by atoms with Gasteiger partial charge in [0.2, 0.25) is 5.91 Å². The first kappa shape index (κ1) is 20.6. The van der Waals surface area contributed by atoms with Crippen molar-refractivity contribution in [3.63, 3.8) is 0 Å². The van der Waals surface area contributed by atoms with E-state index in [4.69, 9.17) is 9.47 Å². The van der Waals surface area contributed by atoms with Crippen LogP contribution in [0.25, 0.3) is 0 Å². The van der Waals surface area contributed by atoms with E-state index < -0.39 is 23.4 Å². The van der Waals surface area contributed by atoms with Crippen molar-refractivity contribution in [3.05, 3.63) is 29.9 Å². The van der Waals surface area contributed by atoms with E-state index in [2.05, 4.69) is 10.6 Å². The third-order valence-electron chi connectivity index (χ3n) is 5.47. The lowest BCUT2D eigenvalue weighted by molar-refractivity contribution is -0.136. The molecule has 1 spiro atoms. The Kier molecular flexibility index (Phi) is 5.66. The van der Waals surface area contributed by atoms with E-state index in [0.29, 0.717) is 38.4 Å². The number of benzene rings is 1. The van der Waals surface area contributed by atoms with Gasteiger partial charge >= 0.3 is 0 Å². The molecule has 153 valence electrons. The van der Waals surface area contributed by atoms with Crippen LogP contribution in [0, 0.1) is 17.2 Å². The van der Waals surface area contributed by atoms with E-state index in [1.54, 1.807) is 6.07 Å². The largest absolute Gasteiger partial charge is 0.479 e. The Labute approximate surface area is 165 Å². The molecule has 1 fully saturated rings. The second-order valence-electron chi connectivity index (χ2n) is 8.37. The van der Waals surface area contributed by atoms with Crippen LogP contribution in [0.3, 0.4) is 0 Å². The molecule has 0 aliphatic carbocycles. The summed E-state index contributed by atoms with van der Waals surface area (Å²) in [5.74, 6) is -0.549. The number of amides is 2. The molecule has 3 rings (SSSR count). The van der Waals surface area contributed by atoms with E-state index in [9.17, 15) is 14.0 Å². The molecule has 1 aromatic carbocycles. The van der Waals surface area contributed by atoms with Gasteiger partial charge in [-0.15, -0.1) is 0 Å². The van der Waals surface area contributed by atoms with Crippen LogP contribution in [0.15, 0.2) is 18.2 Å². The Morgan fingerprint density at radius 1 is 1.32 bits per heavy atom. The van der Waals surface area contributed by atoms with Crippen molar-refractivity contribution in [2.24, 2.45) is 5.41 Å². The summed E-state index contributed by atoms with van der Waals surface area (Å²) in [4.78, 5) is 26.1. The van der Waals surface area contributed by atoms with Gasteiger partial charge in [0.1, 0.15) is 11.6 Å². The van der Waals surface area contributed by atoms with E-state index >= 15 is 0 Å². The molecule has 1 aromatic rings. The molecule has 2 aliphatic rings. The summed E-state index contributed by atoms with van der Waals surface area (Å²) in [6.07, 6.45) is 1.31. The maximum absolute atomic E-state index is 14.4. The number of ether oxygens (including phenoxy) is 2. The Morgan fingerprint density at radius 3 is 2.61 bits per heavy atom. The quantitative estimate of drug-likeness (QED) is 0.830. The number of para-hydroxylation sites is 1. The van der Waals surface area contributed by atoms with Crippen LogP contribution in [0.2, 0.25) is 0 Å². The van der Waals surface area contributed by atoms with Crippen LogP contribution in [-0.2, 0) is 14.3 Å². The van der Waals surface area contributed by atoms with Crippen molar-refractivity contribution >= 4 is 17.5 Å². The predicted octanol–water partition coefficient (Wildman–Crippen LogP) is 3.22. The molecule has 28 heavy (non-hydrogen) atoms. The Morgan fingerprint density at radius 2 is 2.00 bits per heavy atom. The fraction of sp³-hybridized carbons (Fsp3) is 0.571. The highest BCUT2D eigenvalue weighted by Gasteiger charge is 2.50. The lowest BCUT2D eigenvalue weighted by Gasteiger charge is -2.42. The maximum Gasteiger partial charge on any atom is 0.251 e. The molecule has 1 saturated heterocycles. The van der Waals surface area contributed by atoms with Crippen LogP contribution >= 0.6 is 0 Å². The van der Waals surface area contributed by atoms with Crippen LogP contribution in [0.5, 0.6) is 5.75 Å². The summed E-state index contributed by atoms with van der Waals surface area (Å²) in [6, 6.07) is 3.43. The van der Waals surface area contributed by atoms with Crippen LogP contribution < -0.4 is 15.4 Å². The first-order valence-electron chi connectivity index (χ1n) is 9.71. The summed E-state index contributed by atoms with van der Waals surface area (Å²) < 4.78 is 26.0. The van der Waals surface area contributed by atoms with Gasteiger partial charge in [0.15, 0.2) is 11.6 Å². The number of hydrogen-bond donors (Lipinski definition) is 2. The van der Waals surface area contributed by atoms with E-state index in [-0.39, 0.29) is 22.8 Å². The van der Waals surface area contributed by atoms with Gasteiger partial charge in [-0.05, 0) is 24.0 Å². The topological polar surface area (TPSA) is 76.7 Å². The van der Waals surface area contributed by atoms with Gasteiger partial charge in [0.05, 0.1) is 24.8 Å². The zero-order valence-corrected chi connectivity index (χ0v) is 16.9. The molecule has 0 bridgehead atoms. The van der Waals surface area contributed by atoms with Crippen LogP contribution in [-0.4, -0.2) is 36.7 Å². The summed E-state index contributed by atoms with van der Waals surface area (Å²) in [6.45, 7) is 8.54. The molecule has 6 nitrogen and oxygen atoms in total. The van der Waals surface area contributed by atoms with Crippen molar-refractivity contribution in [1.82, 2.24) is 5.32 Å². The summed E-state index contributed by atoms with van der Waals surface area (Å²) in [5, 5.41) is 5.61. The van der Waals surface area contributed by atoms with Crippen molar-refractivity contribution in [1.29, 1.82) is 0 Å². The standard InChI is InChI=1S/C21H28FN2O4/c1-5-13(20(2,3)4)18(25)24-17-19(26)23-15-8-6-7-14(22)16(15)28-21(17)9-11-27-12-10-21/h6-8,17H,5,9-12H2,1-4H3,(H,23,26)(H,24,25)/t17-/m0/s1. The SMILES string of the molecule is CC[C](C(=O)N[C@H]1C(=O)Nc2cccc(F)c2OC12CCOCC2)C(C)(C)C. The Bertz CT molecular complexity index is 753. The lowest BCUT2D eigenvalue weighted by atomic mass is 9.77. The van der Waals surface area contributed by atoms with E-state index in [1.807, 2.05) is 27.7 Å². The minimum absolute atomic E-state index is 0.00464. The molecule has 2 aliphatic heterocycles. The van der Waals surface area contributed by atoms with Crippen molar-refractivity contribution in [3.8, 4) is 5.75 Å². The number of fused-ring (bicyclic) bond motifs is 1. The van der Waals surface area contributed by atoms with Crippen molar-refractivity contribution in [2.75, 3.05) is 18.5 Å². The Balaban J connectivity index is 1.97. The summed E-state index contributed by atoms with van der Waals surface area (Å²) >= 11 is 0. The fourth-order valence-electron chi connectivity index (χ4n) is 3.97. The second kappa shape index (κ2) is 7.70. The number of anilines is 1. The second-order valence-corrected chi connectivity index (χ2v) is 8.37. The zero-order chi connectivity index (χ0) is 20.5. The lowest BCUT2D eigenvalue weighted by Crippen LogP contribution is -2.63. The first-order valence-corrected chi connectivity index (χ1v) is 9.71. The number of hydrogen-bond acceptors (Lipinski definition) is 4. The highest BCUT2D eigenvalue weighted by molar-refractivity contribution is 6.02. The molecule has 2 amide bonds. The Hall–Kier alpha value is -2.15. The minimum atomic E-state index is -1.07. The maximum atomic E-state index is 14.4. The molecule has 0 unspecified atom stereocenters. The molecule has 0 saturated carbocycles. The molecular weight excluding hydrogens is 363 g/mol. The van der Waals surface area contributed by atoms with Gasteiger partial charge in [0, 0.05) is 12.8 Å². The third-order valence-corrected chi connectivity index (χ3v) is 5.47. The number of halogens is 1. The molecule has 7 heteroatoms. The zero-order valence-electron chi connectivity index (χ0n) is 16.9. The number of rotatable bonds is 3. The summed E-state index contributed by atoms with van der Waals surface area (Å²) in [5.41, 5.74) is -1.14. The first-order chi connectivity index (χ1) is 13.2. The smallest absolute Gasteiger partial charge is 0.251 e. The van der Waals surface area contributed by atoms with Crippen molar-refractivity contribution < 1.29 is 23.5 Å². The molecule has 1 radical (unpaired) electrons. The number of carbonyl (C=O) groups is 2. The van der Waals surface area contributed by atoms with Crippen LogP contribution in [0.4, 0.5) is 10.1 Å². The van der Waals surface area contributed by atoms with Gasteiger partial charge in [-0.2, -0.15) is 0 Å². The molecular formula is C21H28FN2O4. The van der Waals surface area contributed by atoms with E-state index in [1.165, 1.54) is 12.1 Å². The predicted molar refractivity (Wildman–Crippen MR) is 103 cm³/mol. The number of carbonyl (C=O) groups excluding carboxylic acids is 2. The molecule has 0 aromatic heterocycles. The highest BCUT2D eigenvalue weighted by atomic mass is 19.1. The average Bonchev–Trinajstić information content (AvgIpc) is 2.72. The third kappa shape index (κ3) is 3.85. The summed E-state index contributed by atoms with van der Waals surface area (Å²) in [7, 11) is 0. The monoisotopic (exact) mass is 391 g/mol. The van der Waals surface area contributed by atoms with Gasteiger partial charge in [-0.25, -0.2) is 4.39 Å². The highest BCUT2D eigenvalue weighted by Crippen LogP contribution is 2.40. The van der Waals surface area contributed by atoms with E-state index in [0.717, 1.165) is 0 Å².